The van der Waals surface area contributed by atoms with Gasteiger partial charge in [0.05, 0.1) is 5.92 Å². The molecule has 2 atom stereocenters. The standard InChI is InChI=1S/C21H24N2O3/c24-20(22-19(21(25)26)17-10-5-2-6-11-17)18-12-7-13-23(15-18)14-16-8-3-1-4-9-16/h1-6,8-11,18-19H,7,12-15H2,(H,22,24)(H,25,26)/t18?,19-/m0/s1. The Morgan fingerprint density at radius 1 is 1.08 bits per heavy atom. The zero-order chi connectivity index (χ0) is 18.4. The van der Waals surface area contributed by atoms with Crippen LogP contribution in [0, 0.1) is 5.92 Å². The SMILES string of the molecule is O=C(N[C@H](C(=O)O)c1ccccc1)C1CCCN(Cc2ccccc2)C1. The molecule has 1 heterocycles. The summed E-state index contributed by atoms with van der Waals surface area (Å²) in [6.07, 6.45) is 1.73. The number of aliphatic carboxylic acids is 1. The van der Waals surface area contributed by atoms with Crippen LogP contribution >= 0.6 is 0 Å². The van der Waals surface area contributed by atoms with Gasteiger partial charge < -0.3 is 10.4 Å². The van der Waals surface area contributed by atoms with Crippen LogP contribution in [0.5, 0.6) is 0 Å². The molecule has 0 spiro atoms. The molecule has 0 bridgehead atoms. The second-order valence-electron chi connectivity index (χ2n) is 6.75. The molecule has 1 fully saturated rings. The van der Waals surface area contributed by atoms with E-state index < -0.39 is 12.0 Å². The quantitative estimate of drug-likeness (QED) is 0.839. The summed E-state index contributed by atoms with van der Waals surface area (Å²) in [6.45, 7) is 2.42. The monoisotopic (exact) mass is 352 g/mol. The van der Waals surface area contributed by atoms with Crippen LogP contribution in [0.3, 0.4) is 0 Å². The minimum Gasteiger partial charge on any atom is -0.479 e. The number of carboxylic acids is 1. The third kappa shape index (κ3) is 4.70. The van der Waals surface area contributed by atoms with E-state index in [2.05, 4.69) is 22.3 Å². The molecule has 5 heteroatoms. The summed E-state index contributed by atoms with van der Waals surface area (Å²) in [4.78, 5) is 26.5. The summed E-state index contributed by atoms with van der Waals surface area (Å²) in [5.74, 6) is -1.40. The summed E-state index contributed by atoms with van der Waals surface area (Å²) < 4.78 is 0. The zero-order valence-corrected chi connectivity index (χ0v) is 14.7. The van der Waals surface area contributed by atoms with Crippen LogP contribution in [0.25, 0.3) is 0 Å². The van der Waals surface area contributed by atoms with Gasteiger partial charge in [0.2, 0.25) is 5.91 Å². The molecule has 1 unspecified atom stereocenters. The average Bonchev–Trinajstić information content (AvgIpc) is 2.67. The molecule has 0 saturated carbocycles. The molecule has 0 aromatic heterocycles. The van der Waals surface area contributed by atoms with Crippen molar-refractivity contribution < 1.29 is 14.7 Å². The summed E-state index contributed by atoms with van der Waals surface area (Å²) in [5, 5.41) is 12.2. The van der Waals surface area contributed by atoms with E-state index in [0.29, 0.717) is 12.1 Å². The number of carbonyl (C=O) groups is 2. The number of amides is 1. The van der Waals surface area contributed by atoms with Gasteiger partial charge in [-0.2, -0.15) is 0 Å². The first-order valence-electron chi connectivity index (χ1n) is 8.98. The summed E-state index contributed by atoms with van der Waals surface area (Å²) >= 11 is 0. The number of nitrogens with zero attached hydrogens (tertiary/aromatic N) is 1. The Morgan fingerprint density at radius 2 is 1.73 bits per heavy atom. The normalized spacial score (nSPS) is 18.8. The number of carbonyl (C=O) groups excluding carboxylic acids is 1. The smallest absolute Gasteiger partial charge is 0.330 e. The second-order valence-corrected chi connectivity index (χ2v) is 6.75. The predicted octanol–water partition coefficient (Wildman–Crippen LogP) is 2.84. The Balaban J connectivity index is 1.62. The van der Waals surface area contributed by atoms with Gasteiger partial charge in [0.1, 0.15) is 0 Å². The number of nitrogens with one attached hydrogen (secondary N) is 1. The lowest BCUT2D eigenvalue weighted by atomic mass is 9.95. The third-order valence-electron chi connectivity index (χ3n) is 4.79. The van der Waals surface area contributed by atoms with Gasteiger partial charge in [-0.25, -0.2) is 4.79 Å². The van der Waals surface area contributed by atoms with Gasteiger partial charge in [-0.15, -0.1) is 0 Å². The van der Waals surface area contributed by atoms with Crippen LogP contribution in [0.1, 0.15) is 30.0 Å². The topological polar surface area (TPSA) is 69.6 Å². The summed E-state index contributed by atoms with van der Waals surface area (Å²) in [7, 11) is 0. The van der Waals surface area contributed by atoms with Gasteiger partial charge in [0.25, 0.3) is 0 Å². The number of likely N-dealkylation sites (tertiary alicyclic amines) is 1. The minimum atomic E-state index is -1.04. The highest BCUT2D eigenvalue weighted by molar-refractivity contribution is 5.86. The minimum absolute atomic E-state index is 0.181. The van der Waals surface area contributed by atoms with E-state index in [1.807, 2.05) is 24.3 Å². The molecule has 2 N–H and O–H groups in total. The summed E-state index contributed by atoms with van der Waals surface area (Å²) in [5.41, 5.74) is 1.81. The van der Waals surface area contributed by atoms with Crippen LogP contribution in [-0.2, 0) is 16.1 Å². The summed E-state index contributed by atoms with van der Waals surface area (Å²) in [6, 6.07) is 18.0. The molecule has 1 aliphatic rings. The number of hydrogen-bond donors (Lipinski definition) is 2. The number of piperidine rings is 1. The van der Waals surface area contributed by atoms with Crippen molar-refractivity contribution in [2.45, 2.75) is 25.4 Å². The highest BCUT2D eigenvalue weighted by Gasteiger charge is 2.29. The van der Waals surface area contributed by atoms with Crippen molar-refractivity contribution in [3.63, 3.8) is 0 Å². The zero-order valence-electron chi connectivity index (χ0n) is 14.7. The molecule has 0 radical (unpaired) electrons. The van der Waals surface area contributed by atoms with Crippen molar-refractivity contribution in [1.29, 1.82) is 0 Å². The Bertz CT molecular complexity index is 733. The van der Waals surface area contributed by atoms with Crippen LogP contribution in [0.4, 0.5) is 0 Å². The van der Waals surface area contributed by atoms with Gasteiger partial charge in [-0.1, -0.05) is 60.7 Å². The second kappa shape index (κ2) is 8.63. The fourth-order valence-electron chi connectivity index (χ4n) is 3.45. The first-order valence-corrected chi connectivity index (χ1v) is 8.98. The van der Waals surface area contributed by atoms with E-state index in [0.717, 1.165) is 25.9 Å². The van der Waals surface area contributed by atoms with Crippen molar-refractivity contribution in [1.82, 2.24) is 10.2 Å². The van der Waals surface area contributed by atoms with E-state index in [1.165, 1.54) is 5.56 Å². The molecular formula is C21H24N2O3. The molecule has 1 aliphatic heterocycles. The fourth-order valence-corrected chi connectivity index (χ4v) is 3.45. The van der Waals surface area contributed by atoms with E-state index in [-0.39, 0.29) is 11.8 Å². The first-order chi connectivity index (χ1) is 12.6. The molecule has 2 aromatic carbocycles. The molecule has 3 rings (SSSR count). The van der Waals surface area contributed by atoms with Crippen molar-refractivity contribution in [2.75, 3.05) is 13.1 Å². The number of hydrogen-bond acceptors (Lipinski definition) is 3. The maximum atomic E-state index is 12.7. The van der Waals surface area contributed by atoms with Gasteiger partial charge in [-0.3, -0.25) is 9.69 Å². The number of carboxylic acid groups (broad SMARTS) is 1. The van der Waals surface area contributed by atoms with Crippen LogP contribution in [0.2, 0.25) is 0 Å². The molecule has 136 valence electrons. The highest BCUT2D eigenvalue weighted by atomic mass is 16.4. The average molecular weight is 352 g/mol. The largest absolute Gasteiger partial charge is 0.479 e. The van der Waals surface area contributed by atoms with Gasteiger partial charge in [0.15, 0.2) is 6.04 Å². The Morgan fingerprint density at radius 3 is 2.38 bits per heavy atom. The van der Waals surface area contributed by atoms with Crippen LogP contribution in [-0.4, -0.2) is 35.0 Å². The lowest BCUT2D eigenvalue weighted by Gasteiger charge is -2.32. The maximum Gasteiger partial charge on any atom is 0.330 e. The lowest BCUT2D eigenvalue weighted by Crippen LogP contribution is -2.45. The van der Waals surface area contributed by atoms with Crippen LogP contribution < -0.4 is 5.32 Å². The van der Waals surface area contributed by atoms with Gasteiger partial charge in [-0.05, 0) is 30.5 Å². The van der Waals surface area contributed by atoms with Gasteiger partial charge >= 0.3 is 5.97 Å². The highest BCUT2D eigenvalue weighted by Crippen LogP contribution is 2.21. The number of rotatable bonds is 6. The molecule has 5 nitrogen and oxygen atoms in total. The number of benzene rings is 2. The fraction of sp³-hybridized carbons (Fsp3) is 0.333. The van der Waals surface area contributed by atoms with Gasteiger partial charge in [0, 0.05) is 13.1 Å². The van der Waals surface area contributed by atoms with Crippen molar-refractivity contribution in [3.8, 4) is 0 Å². The van der Waals surface area contributed by atoms with Crippen LogP contribution in [0.15, 0.2) is 60.7 Å². The van der Waals surface area contributed by atoms with E-state index in [4.69, 9.17) is 0 Å². The van der Waals surface area contributed by atoms with Crippen molar-refractivity contribution in [2.24, 2.45) is 5.92 Å². The Hall–Kier alpha value is -2.66. The maximum absolute atomic E-state index is 12.7. The lowest BCUT2D eigenvalue weighted by molar-refractivity contribution is -0.143. The molecule has 1 amide bonds. The molecular weight excluding hydrogens is 328 g/mol. The molecule has 2 aromatic rings. The van der Waals surface area contributed by atoms with Crippen molar-refractivity contribution in [3.05, 3.63) is 71.8 Å². The van der Waals surface area contributed by atoms with E-state index >= 15 is 0 Å². The third-order valence-corrected chi connectivity index (χ3v) is 4.79. The molecule has 1 saturated heterocycles. The molecule has 26 heavy (non-hydrogen) atoms. The Labute approximate surface area is 153 Å². The predicted molar refractivity (Wildman–Crippen MR) is 99.4 cm³/mol. The Kier molecular flexibility index (Phi) is 6.02. The van der Waals surface area contributed by atoms with E-state index in [9.17, 15) is 14.7 Å². The van der Waals surface area contributed by atoms with Crippen molar-refractivity contribution >= 4 is 11.9 Å². The first kappa shape index (κ1) is 18.1. The molecule has 0 aliphatic carbocycles. The van der Waals surface area contributed by atoms with E-state index in [1.54, 1.807) is 24.3 Å².